The SMILES string of the molecule is CCN(CC)Cc1sc(CC(=O)c2cnc(N3CCN(CCC(=O)O)[C@H](C)C3)cn2)nc1-c1cc(F)cc(C(F)(F)F)c1. The molecule has 1 aliphatic rings. The Kier molecular flexibility index (Phi) is 10.5. The lowest BCUT2D eigenvalue weighted by Crippen LogP contribution is -2.52. The first-order chi connectivity index (χ1) is 20.4. The van der Waals surface area contributed by atoms with Crippen molar-refractivity contribution in [3.8, 4) is 11.3 Å². The zero-order valence-electron chi connectivity index (χ0n) is 24.2. The minimum atomic E-state index is -4.72. The molecule has 14 heteroatoms. The Morgan fingerprint density at radius 1 is 1.12 bits per heavy atom. The van der Waals surface area contributed by atoms with E-state index >= 15 is 0 Å². The van der Waals surface area contributed by atoms with Crippen molar-refractivity contribution >= 4 is 28.9 Å². The molecule has 1 fully saturated rings. The molecular weight excluding hydrogens is 588 g/mol. The summed E-state index contributed by atoms with van der Waals surface area (Å²) in [6.07, 6.45) is -1.86. The number of ketones is 1. The molecule has 3 heterocycles. The summed E-state index contributed by atoms with van der Waals surface area (Å²) in [5.41, 5.74) is -0.744. The number of halogens is 4. The summed E-state index contributed by atoms with van der Waals surface area (Å²) >= 11 is 1.21. The van der Waals surface area contributed by atoms with Crippen LogP contribution in [0.5, 0.6) is 0 Å². The van der Waals surface area contributed by atoms with Crippen LogP contribution >= 0.6 is 11.3 Å². The average Bonchev–Trinajstić information content (AvgIpc) is 3.36. The highest BCUT2D eigenvalue weighted by atomic mass is 32.1. The first kappa shape index (κ1) is 32.4. The Bertz CT molecular complexity index is 1430. The van der Waals surface area contributed by atoms with Gasteiger partial charge in [0.2, 0.25) is 0 Å². The van der Waals surface area contributed by atoms with E-state index in [1.54, 1.807) is 0 Å². The monoisotopic (exact) mass is 622 g/mol. The van der Waals surface area contributed by atoms with Gasteiger partial charge in [0.05, 0.1) is 36.5 Å². The summed E-state index contributed by atoms with van der Waals surface area (Å²) in [4.78, 5) is 44.1. The predicted molar refractivity (Wildman–Crippen MR) is 155 cm³/mol. The van der Waals surface area contributed by atoms with Crippen LogP contribution in [0.25, 0.3) is 11.3 Å². The highest BCUT2D eigenvalue weighted by Crippen LogP contribution is 2.36. The minimum absolute atomic E-state index is 0.00543. The number of benzene rings is 1. The topological polar surface area (TPSA) is 103 Å². The number of alkyl halides is 3. The standard InChI is InChI=1S/C29H34F4N6O3S/c1-4-37(5-2)17-24-28(19-10-20(29(31,32)33)12-21(30)11-19)36-26(43-24)13-23(40)22-14-35-25(15-34-22)39-9-8-38(18(3)16-39)7-6-27(41)42/h10-12,14-15,18H,4-9,13,16-17H2,1-3H3,(H,41,42)/t18-/m1/s1. The first-order valence-corrected chi connectivity index (χ1v) is 14.8. The van der Waals surface area contributed by atoms with Gasteiger partial charge in [0.1, 0.15) is 22.3 Å². The second-order valence-electron chi connectivity index (χ2n) is 10.4. The van der Waals surface area contributed by atoms with E-state index in [-0.39, 0.29) is 41.6 Å². The maximum Gasteiger partial charge on any atom is 0.416 e. The van der Waals surface area contributed by atoms with Gasteiger partial charge in [-0.1, -0.05) is 13.8 Å². The van der Waals surface area contributed by atoms with Crippen molar-refractivity contribution in [2.45, 2.75) is 52.4 Å². The number of anilines is 1. The molecule has 0 aliphatic carbocycles. The van der Waals surface area contributed by atoms with Gasteiger partial charge < -0.3 is 10.0 Å². The molecule has 43 heavy (non-hydrogen) atoms. The van der Waals surface area contributed by atoms with E-state index in [1.807, 2.05) is 25.7 Å². The van der Waals surface area contributed by atoms with E-state index < -0.39 is 23.5 Å². The zero-order valence-corrected chi connectivity index (χ0v) is 25.0. The molecule has 1 saturated heterocycles. The molecular formula is C29H34F4N6O3S. The summed E-state index contributed by atoms with van der Waals surface area (Å²) in [5.74, 6) is -1.60. The third-order valence-corrected chi connectivity index (χ3v) is 8.48. The molecule has 1 aliphatic heterocycles. The third kappa shape index (κ3) is 8.33. The van der Waals surface area contributed by atoms with Gasteiger partial charge in [-0.15, -0.1) is 11.3 Å². The number of thiazole rings is 1. The minimum Gasteiger partial charge on any atom is -0.481 e. The van der Waals surface area contributed by atoms with Crippen molar-refractivity contribution in [2.75, 3.05) is 44.2 Å². The number of carbonyl (C=O) groups excluding carboxylic acids is 1. The summed E-state index contributed by atoms with van der Waals surface area (Å²) in [6, 6.07) is 2.48. The van der Waals surface area contributed by atoms with E-state index in [9.17, 15) is 27.2 Å². The average molecular weight is 623 g/mol. The highest BCUT2D eigenvalue weighted by Gasteiger charge is 2.32. The van der Waals surface area contributed by atoms with Gasteiger partial charge >= 0.3 is 12.1 Å². The molecule has 0 spiro atoms. The van der Waals surface area contributed by atoms with Crippen LogP contribution < -0.4 is 4.90 Å². The van der Waals surface area contributed by atoms with Crippen LogP contribution in [0.3, 0.4) is 0 Å². The van der Waals surface area contributed by atoms with E-state index in [2.05, 4.69) is 24.8 Å². The van der Waals surface area contributed by atoms with Crippen molar-refractivity contribution in [1.82, 2.24) is 24.8 Å². The van der Waals surface area contributed by atoms with Crippen molar-refractivity contribution in [3.63, 3.8) is 0 Å². The molecule has 4 rings (SSSR count). The number of nitrogens with zero attached hydrogens (tertiary/aromatic N) is 6. The molecule has 1 aromatic carbocycles. The number of Topliss-reactive ketones (excluding diaryl/α,β-unsaturated/α-hetero) is 1. The molecule has 1 N–H and O–H groups in total. The van der Waals surface area contributed by atoms with Gasteiger partial charge in [-0.3, -0.25) is 19.4 Å². The van der Waals surface area contributed by atoms with E-state index in [0.717, 1.165) is 12.1 Å². The van der Waals surface area contributed by atoms with Crippen LogP contribution in [-0.2, 0) is 23.9 Å². The molecule has 232 valence electrons. The fourth-order valence-corrected chi connectivity index (χ4v) is 6.11. The van der Waals surface area contributed by atoms with Crippen molar-refractivity contribution in [3.05, 3.63) is 57.6 Å². The maximum absolute atomic E-state index is 14.2. The molecule has 0 bridgehead atoms. The van der Waals surface area contributed by atoms with E-state index in [1.165, 1.54) is 23.7 Å². The Balaban J connectivity index is 1.51. The molecule has 1 atom stereocenters. The number of carboxylic acids is 1. The van der Waals surface area contributed by atoms with Crippen molar-refractivity contribution in [2.24, 2.45) is 0 Å². The Labute approximate surface area is 251 Å². The number of aliphatic carboxylic acids is 1. The molecule has 0 unspecified atom stereocenters. The number of aromatic nitrogens is 3. The smallest absolute Gasteiger partial charge is 0.416 e. The van der Waals surface area contributed by atoms with Gasteiger partial charge in [0.25, 0.3) is 0 Å². The summed E-state index contributed by atoms with van der Waals surface area (Å²) < 4.78 is 54.5. The fourth-order valence-electron chi connectivity index (χ4n) is 4.98. The van der Waals surface area contributed by atoms with E-state index in [4.69, 9.17) is 5.11 Å². The number of rotatable bonds is 12. The van der Waals surface area contributed by atoms with Crippen LogP contribution in [0.4, 0.5) is 23.4 Å². The summed E-state index contributed by atoms with van der Waals surface area (Å²) in [5, 5.41) is 9.34. The van der Waals surface area contributed by atoms with Crippen molar-refractivity contribution in [1.29, 1.82) is 0 Å². The number of carboxylic acid groups (broad SMARTS) is 1. The van der Waals surface area contributed by atoms with E-state index in [0.29, 0.717) is 67.6 Å². The largest absolute Gasteiger partial charge is 0.481 e. The Morgan fingerprint density at radius 3 is 2.47 bits per heavy atom. The van der Waals surface area contributed by atoms with Crippen LogP contribution in [-0.4, -0.2) is 86.9 Å². The molecule has 3 aromatic rings. The number of piperazine rings is 1. The summed E-state index contributed by atoms with van der Waals surface area (Å²) in [7, 11) is 0. The Morgan fingerprint density at radius 2 is 1.86 bits per heavy atom. The first-order valence-electron chi connectivity index (χ1n) is 14.0. The second-order valence-corrected chi connectivity index (χ2v) is 11.6. The highest BCUT2D eigenvalue weighted by molar-refractivity contribution is 7.12. The van der Waals surface area contributed by atoms with Crippen LogP contribution in [0.1, 0.15) is 53.1 Å². The molecule has 2 aromatic heterocycles. The number of hydrogen-bond acceptors (Lipinski definition) is 9. The molecule has 9 nitrogen and oxygen atoms in total. The normalized spacial score (nSPS) is 16.2. The van der Waals surface area contributed by atoms with Crippen LogP contribution in [0.2, 0.25) is 0 Å². The van der Waals surface area contributed by atoms with Gasteiger partial charge in [-0.2, -0.15) is 13.2 Å². The number of hydrogen-bond donors (Lipinski definition) is 1. The van der Waals surface area contributed by atoms with Gasteiger partial charge in [-0.05, 0) is 38.2 Å². The van der Waals surface area contributed by atoms with Gasteiger partial charge in [0.15, 0.2) is 5.78 Å². The van der Waals surface area contributed by atoms with Crippen molar-refractivity contribution < 1.29 is 32.3 Å². The zero-order chi connectivity index (χ0) is 31.3. The second kappa shape index (κ2) is 13.9. The van der Waals surface area contributed by atoms with Crippen LogP contribution in [0, 0.1) is 5.82 Å². The molecule has 0 radical (unpaired) electrons. The number of carbonyl (C=O) groups is 2. The Hall–Kier alpha value is -3.49. The predicted octanol–water partition coefficient (Wildman–Crippen LogP) is 5.01. The third-order valence-electron chi connectivity index (χ3n) is 7.44. The van der Waals surface area contributed by atoms with Crippen LogP contribution in [0.15, 0.2) is 30.6 Å². The lowest BCUT2D eigenvalue weighted by Gasteiger charge is -2.40. The quantitative estimate of drug-likeness (QED) is 0.221. The summed E-state index contributed by atoms with van der Waals surface area (Å²) in [6.45, 7) is 10.1. The lowest BCUT2D eigenvalue weighted by atomic mass is 10.1. The lowest BCUT2D eigenvalue weighted by molar-refractivity contribution is -0.138. The molecule has 0 amide bonds. The van der Waals surface area contributed by atoms with Gasteiger partial charge in [-0.25, -0.2) is 19.3 Å². The fraction of sp³-hybridized carbons (Fsp3) is 0.483. The van der Waals surface area contributed by atoms with Gasteiger partial charge in [0, 0.05) is 49.2 Å². The maximum atomic E-state index is 14.2. The molecule has 0 saturated carbocycles.